The Bertz CT molecular complexity index is 1160. The Morgan fingerprint density at radius 1 is 1.32 bits per heavy atom. The van der Waals surface area contributed by atoms with E-state index in [0.29, 0.717) is 36.2 Å². The third-order valence-corrected chi connectivity index (χ3v) is 6.82. The Labute approximate surface area is 212 Å². The van der Waals surface area contributed by atoms with Crippen LogP contribution in [0, 0.1) is 0 Å². The Morgan fingerprint density at radius 3 is 2.78 bits per heavy atom. The zero-order valence-corrected chi connectivity index (χ0v) is 20.7. The number of carbonyl (C=O) groups is 1. The molecule has 1 aromatic carbocycles. The summed E-state index contributed by atoms with van der Waals surface area (Å²) in [6.07, 6.45) is 0.0487. The van der Waals surface area contributed by atoms with Crippen LogP contribution < -0.4 is 16.0 Å². The molecule has 0 saturated carbocycles. The van der Waals surface area contributed by atoms with Crippen molar-refractivity contribution >= 4 is 11.6 Å². The molecule has 1 fully saturated rings. The maximum absolute atomic E-state index is 14.7. The van der Waals surface area contributed by atoms with Gasteiger partial charge in [-0.05, 0) is 37.1 Å². The number of aryl methyl sites for hydroxylation is 1. The topological polar surface area (TPSA) is 87.1 Å². The minimum Gasteiger partial charge on any atom is -0.379 e. The predicted octanol–water partition coefficient (Wildman–Crippen LogP) is 2.93. The first kappa shape index (κ1) is 26.8. The molecule has 1 saturated heterocycles. The van der Waals surface area contributed by atoms with Crippen molar-refractivity contribution in [2.75, 3.05) is 32.0 Å². The first-order chi connectivity index (χ1) is 17.5. The second kappa shape index (κ2) is 11.0. The van der Waals surface area contributed by atoms with Crippen molar-refractivity contribution in [3.8, 4) is 0 Å². The highest BCUT2D eigenvalue weighted by Crippen LogP contribution is 2.40. The van der Waals surface area contributed by atoms with Crippen LogP contribution in [0.1, 0.15) is 34.1 Å². The molecule has 1 aromatic heterocycles. The average Bonchev–Trinajstić information content (AvgIpc) is 3.28. The smallest absolute Gasteiger partial charge is 0.379 e. The molecule has 2 aliphatic heterocycles. The molecule has 4 rings (SSSR count). The zero-order valence-electron chi connectivity index (χ0n) is 20.7. The van der Waals surface area contributed by atoms with E-state index in [4.69, 9.17) is 0 Å². The summed E-state index contributed by atoms with van der Waals surface area (Å²) < 4.78 is 57.1. The van der Waals surface area contributed by atoms with Gasteiger partial charge < -0.3 is 15.5 Å². The van der Waals surface area contributed by atoms with E-state index in [-0.39, 0.29) is 18.1 Å². The van der Waals surface area contributed by atoms with Crippen LogP contribution in [0.15, 0.2) is 48.7 Å². The molecular weight excluding hydrogens is 490 g/mol. The molecule has 0 bridgehead atoms. The second-order valence-corrected chi connectivity index (χ2v) is 9.51. The third kappa shape index (κ3) is 6.19. The van der Waals surface area contributed by atoms with Crippen molar-refractivity contribution in [3.63, 3.8) is 0 Å². The summed E-state index contributed by atoms with van der Waals surface area (Å²) in [4.78, 5) is 14.2. The van der Waals surface area contributed by atoms with E-state index >= 15 is 0 Å². The Hall–Kier alpha value is -3.25. The quantitative estimate of drug-likeness (QED) is 0.384. The number of nitrogens with zero attached hydrogens (tertiary/aromatic N) is 4. The molecule has 8 nitrogen and oxygen atoms in total. The number of alkyl halides is 4. The Balaban J connectivity index is 1.53. The van der Waals surface area contributed by atoms with Crippen LogP contribution in [0.3, 0.4) is 0 Å². The van der Waals surface area contributed by atoms with E-state index < -0.39 is 36.0 Å². The minimum absolute atomic E-state index is 0.166. The molecule has 37 heavy (non-hydrogen) atoms. The number of piperidine rings is 1. The predicted molar refractivity (Wildman–Crippen MR) is 132 cm³/mol. The van der Waals surface area contributed by atoms with Crippen LogP contribution in [0.4, 0.5) is 23.2 Å². The van der Waals surface area contributed by atoms with E-state index in [1.807, 2.05) is 11.9 Å². The monoisotopic (exact) mass is 521 g/mol. The third-order valence-electron chi connectivity index (χ3n) is 6.82. The van der Waals surface area contributed by atoms with E-state index in [0.717, 1.165) is 6.54 Å². The molecule has 0 spiro atoms. The van der Waals surface area contributed by atoms with E-state index in [1.165, 1.54) is 10.9 Å². The van der Waals surface area contributed by atoms with Crippen molar-refractivity contribution in [1.82, 2.24) is 30.5 Å². The number of amides is 1. The Morgan fingerprint density at radius 2 is 2.11 bits per heavy atom. The van der Waals surface area contributed by atoms with Gasteiger partial charge in [0, 0.05) is 44.0 Å². The molecule has 3 N–H and O–H groups in total. The number of aromatic nitrogens is 3. The molecule has 2 aromatic rings. The molecule has 200 valence electrons. The average molecular weight is 522 g/mol. The van der Waals surface area contributed by atoms with Gasteiger partial charge in [-0.3, -0.25) is 10.1 Å². The van der Waals surface area contributed by atoms with Gasteiger partial charge in [0.25, 0.3) is 5.91 Å². The van der Waals surface area contributed by atoms with Gasteiger partial charge in [-0.25, -0.2) is 9.07 Å². The number of hydrogen-bond donors (Lipinski definition) is 3. The van der Waals surface area contributed by atoms with Crippen LogP contribution >= 0.6 is 0 Å². The number of likely N-dealkylation sites (tertiary alicyclic amines) is 1. The maximum atomic E-state index is 14.7. The van der Waals surface area contributed by atoms with Crippen molar-refractivity contribution in [2.45, 2.75) is 43.3 Å². The number of fused-ring (bicyclic) bond motifs is 1. The van der Waals surface area contributed by atoms with Gasteiger partial charge in [0.05, 0.1) is 18.3 Å². The second-order valence-electron chi connectivity index (χ2n) is 9.51. The molecule has 1 amide bonds. The number of rotatable bonds is 7. The van der Waals surface area contributed by atoms with E-state index in [2.05, 4.69) is 32.8 Å². The Kier molecular flexibility index (Phi) is 7.98. The van der Waals surface area contributed by atoms with Crippen LogP contribution in [-0.2, 0) is 13.5 Å². The summed E-state index contributed by atoms with van der Waals surface area (Å²) in [5, 5.41) is 16.4. The SMILES string of the molecule is C=C(C1NC(/C=C/CNC(=O)c2cnnn2C)Cc2c(N[C@@H]3CCN(C)C[C@@H]3F)cccc21)C(F)(F)F. The van der Waals surface area contributed by atoms with Crippen molar-refractivity contribution in [2.24, 2.45) is 7.05 Å². The molecule has 0 aliphatic carbocycles. The summed E-state index contributed by atoms with van der Waals surface area (Å²) >= 11 is 0. The fourth-order valence-electron chi connectivity index (χ4n) is 4.79. The van der Waals surface area contributed by atoms with E-state index in [9.17, 15) is 22.4 Å². The highest BCUT2D eigenvalue weighted by molar-refractivity contribution is 5.92. The summed E-state index contributed by atoms with van der Waals surface area (Å²) in [7, 11) is 3.45. The van der Waals surface area contributed by atoms with Crippen LogP contribution in [0.2, 0.25) is 0 Å². The van der Waals surface area contributed by atoms with Gasteiger partial charge in [-0.2, -0.15) is 13.2 Å². The normalized spacial score (nSPS) is 24.6. The largest absolute Gasteiger partial charge is 0.413 e. The molecule has 4 atom stereocenters. The number of carbonyl (C=O) groups excluding carboxylic acids is 1. The standard InChI is InChI=1S/C25H31F4N7O/c1-15(25(27,28)29)23-17-7-4-8-20(33-21-9-11-35(2)14-19(21)26)18(17)12-16(32-23)6-5-10-30-24(37)22-13-31-34-36(22)3/h4-8,13,16,19,21,23,32-33H,1,9-12,14H2,2-3H3,(H,30,37)/b6-5+/t16?,19-,21+,23?/m0/s1. The number of hydrogen-bond acceptors (Lipinski definition) is 6. The van der Waals surface area contributed by atoms with Crippen molar-refractivity contribution in [3.05, 3.63) is 65.5 Å². The lowest BCUT2D eigenvalue weighted by Crippen LogP contribution is -2.46. The summed E-state index contributed by atoms with van der Waals surface area (Å²) in [5.41, 5.74) is 1.19. The lowest BCUT2D eigenvalue weighted by Gasteiger charge is -2.37. The van der Waals surface area contributed by atoms with Gasteiger partial charge in [-0.15, -0.1) is 5.10 Å². The van der Waals surface area contributed by atoms with Gasteiger partial charge >= 0.3 is 6.18 Å². The molecule has 2 unspecified atom stereocenters. The fourth-order valence-corrected chi connectivity index (χ4v) is 4.79. The molecule has 0 radical (unpaired) electrons. The highest BCUT2D eigenvalue weighted by Gasteiger charge is 2.41. The highest BCUT2D eigenvalue weighted by atomic mass is 19.4. The fraction of sp³-hybridized carbons (Fsp3) is 0.480. The maximum Gasteiger partial charge on any atom is 0.413 e. The lowest BCUT2D eigenvalue weighted by molar-refractivity contribution is -0.0968. The molecule has 2 aliphatic rings. The first-order valence-electron chi connectivity index (χ1n) is 12.1. The van der Waals surface area contributed by atoms with Crippen LogP contribution in [0.5, 0.6) is 0 Å². The van der Waals surface area contributed by atoms with E-state index in [1.54, 1.807) is 37.4 Å². The number of anilines is 1. The lowest BCUT2D eigenvalue weighted by atomic mass is 9.85. The number of benzene rings is 1. The first-order valence-corrected chi connectivity index (χ1v) is 12.1. The minimum atomic E-state index is -4.59. The van der Waals surface area contributed by atoms with Crippen molar-refractivity contribution < 1.29 is 22.4 Å². The van der Waals surface area contributed by atoms with Gasteiger partial charge in [0.15, 0.2) is 0 Å². The molecule has 3 heterocycles. The number of halogens is 4. The van der Waals surface area contributed by atoms with Gasteiger partial charge in [-0.1, -0.05) is 36.1 Å². The number of nitrogens with one attached hydrogen (secondary N) is 3. The summed E-state index contributed by atoms with van der Waals surface area (Å²) in [6, 6.07) is 3.07. The van der Waals surface area contributed by atoms with Crippen LogP contribution in [-0.4, -0.2) is 76.9 Å². The van der Waals surface area contributed by atoms with Crippen molar-refractivity contribution in [1.29, 1.82) is 0 Å². The molecular formula is C25H31F4N7O. The summed E-state index contributed by atoms with van der Waals surface area (Å²) in [6.45, 7) is 4.53. The van der Waals surface area contributed by atoms with Gasteiger partial charge in [0.2, 0.25) is 0 Å². The van der Waals surface area contributed by atoms with Gasteiger partial charge in [0.1, 0.15) is 11.9 Å². The van der Waals surface area contributed by atoms with Crippen LogP contribution in [0.25, 0.3) is 0 Å². The summed E-state index contributed by atoms with van der Waals surface area (Å²) in [5.74, 6) is -0.368. The zero-order chi connectivity index (χ0) is 26.7. The molecule has 12 heteroatoms.